The molecule has 1 heterocycles. The molecule has 0 fully saturated rings. The van der Waals surface area contributed by atoms with Gasteiger partial charge in [0.1, 0.15) is 22.8 Å². The summed E-state index contributed by atoms with van der Waals surface area (Å²) in [4.78, 5) is 15.5. The molecule has 142 valence electrons. The highest BCUT2D eigenvalue weighted by Crippen LogP contribution is 2.33. The third-order valence-electron chi connectivity index (χ3n) is 3.89. The summed E-state index contributed by atoms with van der Waals surface area (Å²) in [6.45, 7) is 1.61. The van der Waals surface area contributed by atoms with Crippen LogP contribution in [-0.2, 0) is 0 Å². The lowest BCUT2D eigenvalue weighted by Gasteiger charge is -2.22. The molecule has 0 aliphatic carbocycles. The summed E-state index contributed by atoms with van der Waals surface area (Å²) in [6, 6.07) is 4.14. The maximum absolute atomic E-state index is 14.2. The van der Waals surface area contributed by atoms with Crippen molar-refractivity contribution < 1.29 is 22.5 Å². The Hall–Kier alpha value is -2.06. The number of rotatable bonds is 7. The van der Waals surface area contributed by atoms with Crippen LogP contribution in [0.2, 0.25) is 5.02 Å². The fraction of sp³-hybridized carbons (Fsp3) is 0.412. The number of alkyl halides is 2. The number of hydrogen-bond donors (Lipinski definition) is 0. The van der Waals surface area contributed by atoms with Crippen LogP contribution >= 0.6 is 11.6 Å². The topological polar surface area (TPSA) is 49.6 Å². The quantitative estimate of drug-likeness (QED) is 0.724. The number of hydrogen-bond acceptors (Lipinski definition) is 4. The second-order valence-electron chi connectivity index (χ2n) is 5.94. The molecule has 0 aliphatic heterocycles. The van der Waals surface area contributed by atoms with Crippen molar-refractivity contribution in [3.63, 3.8) is 0 Å². The highest BCUT2D eigenvalue weighted by molar-refractivity contribution is 6.33. The lowest BCUT2D eigenvalue weighted by atomic mass is 10.0. The minimum Gasteiger partial charge on any atom is -0.360 e. The van der Waals surface area contributed by atoms with Crippen molar-refractivity contribution in [1.29, 1.82) is 0 Å². The van der Waals surface area contributed by atoms with E-state index in [9.17, 15) is 18.0 Å². The number of aromatic nitrogens is 1. The Balaban J connectivity index is 2.23. The smallest absolute Gasteiger partial charge is 0.259 e. The van der Waals surface area contributed by atoms with E-state index in [1.807, 2.05) is 0 Å². The SMILES string of the molecule is Cc1onc(-c2c(F)cccc2Cl)c1C(=O)N(C)CCN(C)CC(F)F. The average molecular weight is 390 g/mol. The first kappa shape index (κ1) is 20.3. The van der Waals surface area contributed by atoms with Crippen LogP contribution in [0.15, 0.2) is 22.7 Å². The molecule has 26 heavy (non-hydrogen) atoms. The minimum absolute atomic E-state index is 0.0161. The summed E-state index contributed by atoms with van der Waals surface area (Å²) in [5.74, 6) is -0.861. The molecule has 9 heteroatoms. The number of carbonyl (C=O) groups excluding carboxylic acids is 1. The Morgan fingerprint density at radius 2 is 2.00 bits per heavy atom. The fourth-order valence-electron chi connectivity index (χ4n) is 2.46. The molecule has 0 radical (unpaired) electrons. The minimum atomic E-state index is -2.45. The van der Waals surface area contributed by atoms with Gasteiger partial charge in [-0.05, 0) is 26.1 Å². The number of benzene rings is 1. The number of aryl methyl sites for hydroxylation is 1. The maximum Gasteiger partial charge on any atom is 0.259 e. The Bertz CT molecular complexity index is 762. The number of amides is 1. The first-order chi connectivity index (χ1) is 12.2. The van der Waals surface area contributed by atoms with Crippen LogP contribution in [0.1, 0.15) is 16.1 Å². The number of halogens is 4. The van der Waals surface area contributed by atoms with Gasteiger partial charge >= 0.3 is 0 Å². The standard InChI is InChI=1S/C17H19ClF3N3O2/c1-10-14(17(25)24(3)8-7-23(2)9-13(20)21)16(22-26-10)15-11(18)5-4-6-12(15)19/h4-6,13H,7-9H2,1-3H3. The zero-order valence-corrected chi connectivity index (χ0v) is 15.4. The van der Waals surface area contributed by atoms with Crippen LogP contribution in [0.4, 0.5) is 13.2 Å². The molecule has 5 nitrogen and oxygen atoms in total. The largest absolute Gasteiger partial charge is 0.360 e. The molecule has 0 saturated carbocycles. The van der Waals surface area contributed by atoms with Gasteiger partial charge in [0, 0.05) is 20.1 Å². The zero-order valence-electron chi connectivity index (χ0n) is 14.6. The van der Waals surface area contributed by atoms with Crippen molar-refractivity contribution in [2.75, 3.05) is 33.7 Å². The molecule has 0 bridgehead atoms. The van der Waals surface area contributed by atoms with E-state index in [1.54, 1.807) is 7.05 Å². The molecular formula is C17H19ClF3N3O2. The van der Waals surface area contributed by atoms with E-state index in [1.165, 1.54) is 42.0 Å². The maximum atomic E-state index is 14.2. The van der Waals surface area contributed by atoms with Gasteiger partial charge in [-0.15, -0.1) is 0 Å². The lowest BCUT2D eigenvalue weighted by Crippen LogP contribution is -2.36. The van der Waals surface area contributed by atoms with Crippen LogP contribution < -0.4 is 0 Å². The van der Waals surface area contributed by atoms with Crippen LogP contribution in [0, 0.1) is 12.7 Å². The molecule has 1 aromatic heterocycles. The van der Waals surface area contributed by atoms with Crippen LogP contribution in [0.5, 0.6) is 0 Å². The molecule has 1 amide bonds. The van der Waals surface area contributed by atoms with Crippen LogP contribution in [-0.4, -0.2) is 61.0 Å². The summed E-state index contributed by atoms with van der Waals surface area (Å²) in [6.07, 6.45) is -2.45. The van der Waals surface area contributed by atoms with Crippen LogP contribution in [0.25, 0.3) is 11.3 Å². The highest BCUT2D eigenvalue weighted by atomic mass is 35.5. The van der Waals surface area contributed by atoms with E-state index in [2.05, 4.69) is 5.16 Å². The third kappa shape index (κ3) is 4.56. The van der Waals surface area contributed by atoms with Crippen molar-refractivity contribution in [2.24, 2.45) is 0 Å². The van der Waals surface area contributed by atoms with E-state index in [-0.39, 0.29) is 47.2 Å². The average Bonchev–Trinajstić information content (AvgIpc) is 2.92. The van der Waals surface area contributed by atoms with Gasteiger partial charge in [0.05, 0.1) is 17.1 Å². The predicted molar refractivity (Wildman–Crippen MR) is 92.1 cm³/mol. The molecular weight excluding hydrogens is 371 g/mol. The molecule has 0 atom stereocenters. The van der Waals surface area contributed by atoms with E-state index < -0.39 is 18.1 Å². The zero-order chi connectivity index (χ0) is 19.4. The Morgan fingerprint density at radius 3 is 2.62 bits per heavy atom. The van der Waals surface area contributed by atoms with Crippen molar-refractivity contribution in [3.8, 4) is 11.3 Å². The second kappa shape index (κ2) is 8.55. The van der Waals surface area contributed by atoms with Gasteiger partial charge in [0.15, 0.2) is 0 Å². The van der Waals surface area contributed by atoms with Gasteiger partial charge in [0.25, 0.3) is 12.3 Å². The summed E-state index contributed by atoms with van der Waals surface area (Å²) in [5.41, 5.74) is 0.0944. The van der Waals surface area contributed by atoms with Crippen molar-refractivity contribution >= 4 is 17.5 Å². The number of carbonyl (C=O) groups is 1. The molecule has 2 rings (SSSR count). The Kier molecular flexibility index (Phi) is 6.66. The van der Waals surface area contributed by atoms with Gasteiger partial charge < -0.3 is 9.42 Å². The van der Waals surface area contributed by atoms with Gasteiger partial charge in [0.2, 0.25) is 0 Å². The number of nitrogens with zero attached hydrogens (tertiary/aromatic N) is 3. The van der Waals surface area contributed by atoms with E-state index >= 15 is 0 Å². The normalized spacial score (nSPS) is 11.4. The molecule has 2 aromatic rings. The van der Waals surface area contributed by atoms with Gasteiger partial charge in [-0.3, -0.25) is 9.69 Å². The molecule has 0 spiro atoms. The number of likely N-dealkylation sites (N-methyl/N-ethyl adjacent to an activating group) is 2. The third-order valence-corrected chi connectivity index (χ3v) is 4.20. The van der Waals surface area contributed by atoms with Crippen molar-refractivity contribution in [3.05, 3.63) is 40.4 Å². The molecule has 0 saturated heterocycles. The molecule has 1 aromatic carbocycles. The van der Waals surface area contributed by atoms with Crippen LogP contribution in [0.3, 0.4) is 0 Å². The summed E-state index contributed by atoms with van der Waals surface area (Å²) < 4.78 is 44.0. The van der Waals surface area contributed by atoms with Crippen molar-refractivity contribution in [2.45, 2.75) is 13.3 Å². The molecule has 0 aliphatic rings. The monoisotopic (exact) mass is 389 g/mol. The molecule has 0 N–H and O–H groups in total. The Morgan fingerprint density at radius 1 is 1.31 bits per heavy atom. The fourth-order valence-corrected chi connectivity index (χ4v) is 2.71. The first-order valence-electron chi connectivity index (χ1n) is 7.85. The van der Waals surface area contributed by atoms with E-state index in [0.29, 0.717) is 0 Å². The lowest BCUT2D eigenvalue weighted by molar-refractivity contribution is 0.0744. The van der Waals surface area contributed by atoms with E-state index in [0.717, 1.165) is 0 Å². The summed E-state index contributed by atoms with van der Waals surface area (Å²) >= 11 is 6.06. The van der Waals surface area contributed by atoms with Gasteiger partial charge in [-0.1, -0.05) is 22.8 Å². The highest BCUT2D eigenvalue weighted by Gasteiger charge is 2.27. The van der Waals surface area contributed by atoms with Gasteiger partial charge in [-0.2, -0.15) is 0 Å². The summed E-state index contributed by atoms with van der Waals surface area (Å²) in [5, 5.41) is 3.89. The van der Waals surface area contributed by atoms with E-state index in [4.69, 9.17) is 16.1 Å². The summed E-state index contributed by atoms with van der Waals surface area (Å²) in [7, 11) is 3.07. The first-order valence-corrected chi connectivity index (χ1v) is 8.23. The molecule has 0 unspecified atom stereocenters. The van der Waals surface area contributed by atoms with Gasteiger partial charge in [-0.25, -0.2) is 13.2 Å². The Labute approximate surface area is 154 Å². The van der Waals surface area contributed by atoms with Crippen molar-refractivity contribution in [1.82, 2.24) is 15.0 Å². The predicted octanol–water partition coefficient (Wildman–Crippen LogP) is 3.71. The second-order valence-corrected chi connectivity index (χ2v) is 6.35.